The van der Waals surface area contributed by atoms with Gasteiger partial charge in [-0.2, -0.15) is 0 Å². The predicted molar refractivity (Wildman–Crippen MR) is 80.0 cm³/mol. The molecule has 0 bridgehead atoms. The standard InChI is InChI=1S/C15H19NO4S/c1-3-15(17)16-10-8-14(9-11-16)21(18,19)13-6-4-12(20-2)5-7-13/h3-7,14H,1,8-11H2,2H3. The van der Waals surface area contributed by atoms with Crippen molar-refractivity contribution in [2.45, 2.75) is 23.0 Å². The third-order valence-corrected chi connectivity index (χ3v) is 6.03. The molecule has 0 aromatic heterocycles. The van der Waals surface area contributed by atoms with Crippen molar-refractivity contribution in [3.63, 3.8) is 0 Å². The van der Waals surface area contributed by atoms with Gasteiger partial charge in [-0.15, -0.1) is 0 Å². The van der Waals surface area contributed by atoms with E-state index in [4.69, 9.17) is 4.74 Å². The highest BCUT2D eigenvalue weighted by atomic mass is 32.2. The minimum absolute atomic E-state index is 0.143. The number of hydrogen-bond donors (Lipinski definition) is 0. The van der Waals surface area contributed by atoms with E-state index < -0.39 is 15.1 Å². The van der Waals surface area contributed by atoms with E-state index in [2.05, 4.69) is 6.58 Å². The third-order valence-electron chi connectivity index (χ3n) is 3.76. The lowest BCUT2D eigenvalue weighted by Crippen LogP contribution is -2.41. The number of amides is 1. The average molecular weight is 309 g/mol. The van der Waals surface area contributed by atoms with Gasteiger partial charge in [-0.05, 0) is 43.2 Å². The van der Waals surface area contributed by atoms with Gasteiger partial charge in [0.25, 0.3) is 0 Å². The molecule has 0 unspecified atom stereocenters. The highest BCUT2D eigenvalue weighted by molar-refractivity contribution is 7.92. The van der Waals surface area contributed by atoms with E-state index in [0.717, 1.165) is 0 Å². The summed E-state index contributed by atoms with van der Waals surface area (Å²) in [5, 5.41) is -0.445. The normalized spacial score (nSPS) is 16.5. The lowest BCUT2D eigenvalue weighted by atomic mass is 10.1. The second-order valence-corrected chi connectivity index (χ2v) is 7.18. The summed E-state index contributed by atoms with van der Waals surface area (Å²) in [6.45, 7) is 4.34. The van der Waals surface area contributed by atoms with E-state index in [1.54, 1.807) is 29.2 Å². The first-order chi connectivity index (χ1) is 9.98. The molecule has 1 amide bonds. The van der Waals surface area contributed by atoms with Crippen molar-refractivity contribution in [1.29, 1.82) is 0 Å². The van der Waals surface area contributed by atoms with Crippen LogP contribution in [0, 0.1) is 0 Å². The molecule has 21 heavy (non-hydrogen) atoms. The Morgan fingerprint density at radius 2 is 1.86 bits per heavy atom. The number of ether oxygens (including phenoxy) is 1. The van der Waals surface area contributed by atoms with Gasteiger partial charge in [0.15, 0.2) is 9.84 Å². The summed E-state index contributed by atoms with van der Waals surface area (Å²) >= 11 is 0. The van der Waals surface area contributed by atoms with E-state index in [1.165, 1.54) is 13.2 Å². The van der Waals surface area contributed by atoms with Crippen molar-refractivity contribution in [1.82, 2.24) is 4.90 Å². The van der Waals surface area contributed by atoms with Crippen LogP contribution in [0.25, 0.3) is 0 Å². The van der Waals surface area contributed by atoms with Crippen molar-refractivity contribution in [3.8, 4) is 5.75 Å². The number of nitrogens with zero attached hydrogens (tertiary/aromatic N) is 1. The van der Waals surface area contributed by atoms with Crippen LogP contribution in [0.3, 0.4) is 0 Å². The summed E-state index contributed by atoms with van der Waals surface area (Å²) in [7, 11) is -1.82. The number of sulfone groups is 1. The number of methoxy groups -OCH3 is 1. The first-order valence-corrected chi connectivity index (χ1v) is 8.33. The van der Waals surface area contributed by atoms with E-state index in [-0.39, 0.29) is 5.91 Å². The summed E-state index contributed by atoms with van der Waals surface area (Å²) in [6.07, 6.45) is 2.17. The van der Waals surface area contributed by atoms with Crippen LogP contribution in [-0.2, 0) is 14.6 Å². The Hall–Kier alpha value is -1.82. The molecule has 0 N–H and O–H groups in total. The van der Waals surface area contributed by atoms with Gasteiger partial charge < -0.3 is 9.64 Å². The molecule has 0 radical (unpaired) electrons. The number of likely N-dealkylation sites (tertiary alicyclic amines) is 1. The number of carbonyl (C=O) groups excluding carboxylic acids is 1. The number of carbonyl (C=O) groups is 1. The Morgan fingerprint density at radius 3 is 2.33 bits per heavy atom. The second-order valence-electron chi connectivity index (χ2n) is 4.95. The summed E-state index contributed by atoms with van der Waals surface area (Å²) < 4.78 is 30.2. The highest BCUT2D eigenvalue weighted by Gasteiger charge is 2.32. The van der Waals surface area contributed by atoms with Crippen LogP contribution >= 0.6 is 0 Å². The zero-order valence-electron chi connectivity index (χ0n) is 12.0. The number of benzene rings is 1. The van der Waals surface area contributed by atoms with Gasteiger partial charge in [0.1, 0.15) is 5.75 Å². The number of piperidine rings is 1. The van der Waals surface area contributed by atoms with Gasteiger partial charge in [0, 0.05) is 13.1 Å². The summed E-state index contributed by atoms with van der Waals surface area (Å²) in [5.74, 6) is 0.482. The number of hydrogen-bond acceptors (Lipinski definition) is 4. The van der Waals surface area contributed by atoms with E-state index in [9.17, 15) is 13.2 Å². The van der Waals surface area contributed by atoms with Gasteiger partial charge in [0.05, 0.1) is 17.3 Å². The fraction of sp³-hybridized carbons (Fsp3) is 0.400. The molecular formula is C15H19NO4S. The molecule has 0 atom stereocenters. The molecule has 5 nitrogen and oxygen atoms in total. The fourth-order valence-corrected chi connectivity index (χ4v) is 4.21. The van der Waals surface area contributed by atoms with E-state index in [1.807, 2.05) is 0 Å². The minimum atomic E-state index is -3.36. The van der Waals surface area contributed by atoms with Gasteiger partial charge >= 0.3 is 0 Å². The maximum absolute atomic E-state index is 12.6. The molecule has 1 aromatic carbocycles. The second kappa shape index (κ2) is 6.30. The SMILES string of the molecule is C=CC(=O)N1CCC(S(=O)(=O)c2ccc(OC)cc2)CC1. The van der Waals surface area contributed by atoms with Crippen molar-refractivity contribution in [3.05, 3.63) is 36.9 Å². The largest absolute Gasteiger partial charge is 0.497 e. The minimum Gasteiger partial charge on any atom is -0.497 e. The molecular weight excluding hydrogens is 290 g/mol. The molecule has 1 aromatic rings. The van der Waals surface area contributed by atoms with E-state index >= 15 is 0 Å². The predicted octanol–water partition coefficient (Wildman–Crippen LogP) is 1.65. The van der Waals surface area contributed by atoms with Crippen LogP contribution in [0.5, 0.6) is 5.75 Å². The summed E-state index contributed by atoms with van der Waals surface area (Å²) in [4.78, 5) is 13.4. The maximum atomic E-state index is 12.6. The molecule has 0 saturated carbocycles. The monoisotopic (exact) mass is 309 g/mol. The zero-order valence-corrected chi connectivity index (χ0v) is 12.8. The Morgan fingerprint density at radius 1 is 1.29 bits per heavy atom. The van der Waals surface area contributed by atoms with Crippen LogP contribution in [-0.4, -0.2) is 44.7 Å². The zero-order chi connectivity index (χ0) is 15.5. The topological polar surface area (TPSA) is 63.7 Å². The number of rotatable bonds is 4. The van der Waals surface area contributed by atoms with Crippen LogP contribution in [0.2, 0.25) is 0 Å². The van der Waals surface area contributed by atoms with Crippen molar-refractivity contribution >= 4 is 15.7 Å². The fourth-order valence-electron chi connectivity index (χ4n) is 2.47. The van der Waals surface area contributed by atoms with Crippen molar-refractivity contribution in [2.24, 2.45) is 0 Å². The molecule has 2 rings (SSSR count). The molecule has 1 saturated heterocycles. The molecule has 6 heteroatoms. The van der Waals surface area contributed by atoms with Crippen molar-refractivity contribution < 1.29 is 17.9 Å². The van der Waals surface area contributed by atoms with Gasteiger partial charge in [0.2, 0.25) is 5.91 Å². The van der Waals surface area contributed by atoms with Crippen molar-refractivity contribution in [2.75, 3.05) is 20.2 Å². The quantitative estimate of drug-likeness (QED) is 0.793. The first-order valence-electron chi connectivity index (χ1n) is 6.78. The Balaban J connectivity index is 2.10. The lowest BCUT2D eigenvalue weighted by molar-refractivity contribution is -0.126. The van der Waals surface area contributed by atoms with Gasteiger partial charge in [-0.25, -0.2) is 8.42 Å². The van der Waals surface area contributed by atoms with Crippen LogP contribution in [0.15, 0.2) is 41.8 Å². The molecule has 1 heterocycles. The Labute approximate surface area is 125 Å². The molecule has 1 aliphatic heterocycles. The molecule has 0 spiro atoms. The van der Waals surface area contributed by atoms with Gasteiger partial charge in [-0.1, -0.05) is 6.58 Å². The Kier molecular flexibility index (Phi) is 4.67. The van der Waals surface area contributed by atoms with Crippen LogP contribution < -0.4 is 4.74 Å². The smallest absolute Gasteiger partial charge is 0.245 e. The summed E-state index contributed by atoms with van der Waals surface area (Å²) in [6, 6.07) is 6.41. The average Bonchev–Trinajstić information content (AvgIpc) is 2.54. The summed E-state index contributed by atoms with van der Waals surface area (Å²) in [5.41, 5.74) is 0. The molecule has 114 valence electrons. The van der Waals surface area contributed by atoms with Gasteiger partial charge in [-0.3, -0.25) is 4.79 Å². The van der Waals surface area contributed by atoms with E-state index in [0.29, 0.717) is 36.6 Å². The van der Waals surface area contributed by atoms with Crippen LogP contribution in [0.4, 0.5) is 0 Å². The Bertz CT molecular complexity index is 614. The van der Waals surface area contributed by atoms with Crippen LogP contribution in [0.1, 0.15) is 12.8 Å². The first kappa shape index (κ1) is 15.6. The maximum Gasteiger partial charge on any atom is 0.245 e. The molecule has 1 aliphatic rings. The molecule has 1 fully saturated rings. The lowest BCUT2D eigenvalue weighted by Gasteiger charge is -2.31. The molecule has 0 aliphatic carbocycles. The third kappa shape index (κ3) is 3.26. The highest BCUT2D eigenvalue weighted by Crippen LogP contribution is 2.26.